The molecule has 0 saturated carbocycles. The molecule has 0 aliphatic heterocycles. The van der Waals surface area contributed by atoms with Crippen LogP contribution in [0, 0.1) is 0 Å². The van der Waals surface area contributed by atoms with Gasteiger partial charge in [-0.25, -0.2) is 14.8 Å². The van der Waals surface area contributed by atoms with Crippen LogP contribution in [-0.4, -0.2) is 28.7 Å². The highest BCUT2D eigenvalue weighted by Gasteiger charge is 2.20. The summed E-state index contributed by atoms with van der Waals surface area (Å²) in [6.07, 6.45) is 1.48. The molecule has 3 aromatic heterocycles. The molecule has 0 unspecified atom stereocenters. The summed E-state index contributed by atoms with van der Waals surface area (Å²) < 4.78 is 3.96. The van der Waals surface area contributed by atoms with Crippen LogP contribution in [0.5, 0.6) is 0 Å². The number of para-hydroxylation sites is 1. The van der Waals surface area contributed by atoms with Gasteiger partial charge in [-0.1, -0.05) is 12.1 Å². The lowest BCUT2D eigenvalue weighted by atomic mass is 10.2. The first-order valence-electron chi connectivity index (χ1n) is 8.01. The van der Waals surface area contributed by atoms with Crippen molar-refractivity contribution in [2.45, 2.75) is 13.0 Å². The van der Waals surface area contributed by atoms with Gasteiger partial charge in [0.15, 0.2) is 11.2 Å². The summed E-state index contributed by atoms with van der Waals surface area (Å²) in [5, 5.41) is 0.497. The summed E-state index contributed by atoms with van der Waals surface area (Å²) in [7, 11) is 2.98. The normalized spacial score (nSPS) is 12.7. The maximum absolute atomic E-state index is 12.6. The summed E-state index contributed by atoms with van der Waals surface area (Å²) in [6, 6.07) is 6.59. The molecule has 0 fully saturated rings. The Labute approximate surface area is 146 Å². The van der Waals surface area contributed by atoms with Gasteiger partial charge in [-0.15, -0.1) is 0 Å². The van der Waals surface area contributed by atoms with Gasteiger partial charge in [-0.05, 0) is 19.1 Å². The highest BCUT2D eigenvalue weighted by Crippen LogP contribution is 2.18. The first-order chi connectivity index (χ1) is 12.4. The van der Waals surface area contributed by atoms with E-state index in [2.05, 4.69) is 15.0 Å². The van der Waals surface area contributed by atoms with Crippen molar-refractivity contribution in [1.82, 2.24) is 28.7 Å². The van der Waals surface area contributed by atoms with Gasteiger partial charge in [0.1, 0.15) is 5.82 Å². The van der Waals surface area contributed by atoms with E-state index in [0.29, 0.717) is 16.7 Å². The van der Waals surface area contributed by atoms with E-state index in [4.69, 9.17) is 0 Å². The molecule has 0 aliphatic rings. The minimum Gasteiger partial charge on any atom is -0.314 e. The van der Waals surface area contributed by atoms with Crippen molar-refractivity contribution >= 4 is 22.1 Å². The van der Waals surface area contributed by atoms with Crippen molar-refractivity contribution in [2.24, 2.45) is 14.1 Å². The molecule has 0 radical (unpaired) electrons. The number of aromatic amines is 1. The molecular formula is C17H16N6O3. The van der Waals surface area contributed by atoms with E-state index < -0.39 is 17.3 Å². The minimum atomic E-state index is -0.456. The van der Waals surface area contributed by atoms with Gasteiger partial charge in [0.25, 0.3) is 11.1 Å². The van der Waals surface area contributed by atoms with Crippen LogP contribution in [0.4, 0.5) is 0 Å². The lowest BCUT2D eigenvalue weighted by molar-refractivity contribution is 0.609. The zero-order chi connectivity index (χ0) is 18.6. The number of aromatic nitrogens is 6. The third-order valence-corrected chi connectivity index (χ3v) is 4.62. The summed E-state index contributed by atoms with van der Waals surface area (Å²) in [5.74, 6) is 0.406. The highest BCUT2D eigenvalue weighted by molar-refractivity contribution is 5.77. The third kappa shape index (κ3) is 2.13. The van der Waals surface area contributed by atoms with E-state index in [1.54, 1.807) is 42.8 Å². The Bertz CT molecular complexity index is 1340. The second-order valence-electron chi connectivity index (χ2n) is 6.17. The Kier molecular flexibility index (Phi) is 3.39. The van der Waals surface area contributed by atoms with Gasteiger partial charge < -0.3 is 9.55 Å². The molecule has 0 spiro atoms. The van der Waals surface area contributed by atoms with Crippen LogP contribution in [0.25, 0.3) is 22.1 Å². The second kappa shape index (κ2) is 5.51. The van der Waals surface area contributed by atoms with Crippen LogP contribution in [0.3, 0.4) is 0 Å². The number of H-pyrrole nitrogens is 1. The summed E-state index contributed by atoms with van der Waals surface area (Å²) in [6.45, 7) is 1.80. The monoisotopic (exact) mass is 352 g/mol. The lowest BCUT2D eigenvalue weighted by Crippen LogP contribution is -2.37. The number of aryl methyl sites for hydroxylation is 1. The summed E-state index contributed by atoms with van der Waals surface area (Å²) in [5.41, 5.74) is -0.00998. The molecule has 0 aliphatic carbocycles. The molecule has 0 saturated heterocycles. The number of nitrogens with one attached hydrogen (secondary N) is 1. The molecule has 132 valence electrons. The van der Waals surface area contributed by atoms with Crippen molar-refractivity contribution in [2.75, 3.05) is 0 Å². The first-order valence-corrected chi connectivity index (χ1v) is 8.01. The zero-order valence-electron chi connectivity index (χ0n) is 14.4. The summed E-state index contributed by atoms with van der Waals surface area (Å²) in [4.78, 5) is 48.5. The third-order valence-electron chi connectivity index (χ3n) is 4.62. The quantitative estimate of drug-likeness (QED) is 0.557. The zero-order valence-corrected chi connectivity index (χ0v) is 14.4. The van der Waals surface area contributed by atoms with Crippen LogP contribution in [0.1, 0.15) is 18.8 Å². The van der Waals surface area contributed by atoms with E-state index in [1.807, 2.05) is 0 Å². The molecule has 1 atom stereocenters. The van der Waals surface area contributed by atoms with E-state index >= 15 is 0 Å². The molecule has 26 heavy (non-hydrogen) atoms. The Morgan fingerprint density at radius 1 is 1.08 bits per heavy atom. The predicted molar refractivity (Wildman–Crippen MR) is 96.4 cm³/mol. The molecule has 1 aromatic carbocycles. The molecule has 9 nitrogen and oxygen atoms in total. The highest BCUT2D eigenvalue weighted by atomic mass is 16.2. The number of fused-ring (bicyclic) bond motifs is 2. The Morgan fingerprint density at radius 2 is 1.81 bits per heavy atom. The van der Waals surface area contributed by atoms with Gasteiger partial charge in [0.2, 0.25) is 0 Å². The van der Waals surface area contributed by atoms with Crippen molar-refractivity contribution in [3.8, 4) is 0 Å². The van der Waals surface area contributed by atoms with Crippen LogP contribution in [0.15, 0.2) is 45.0 Å². The smallest absolute Gasteiger partial charge is 0.314 e. The minimum absolute atomic E-state index is 0.248. The largest absolute Gasteiger partial charge is 0.332 e. The molecule has 4 rings (SSSR count). The topological polar surface area (TPSA) is 108 Å². The lowest BCUT2D eigenvalue weighted by Gasteiger charge is -2.14. The molecule has 1 N–H and O–H groups in total. The van der Waals surface area contributed by atoms with Crippen molar-refractivity contribution in [1.29, 1.82) is 0 Å². The van der Waals surface area contributed by atoms with Crippen molar-refractivity contribution in [3.05, 3.63) is 67.6 Å². The van der Waals surface area contributed by atoms with Crippen LogP contribution in [0.2, 0.25) is 0 Å². The second-order valence-corrected chi connectivity index (χ2v) is 6.17. The Balaban J connectivity index is 1.98. The van der Waals surface area contributed by atoms with Crippen LogP contribution < -0.4 is 16.8 Å². The van der Waals surface area contributed by atoms with Crippen LogP contribution >= 0.6 is 0 Å². The molecule has 0 bridgehead atoms. The molecule has 0 amide bonds. The number of hydrogen-bond donors (Lipinski definition) is 1. The van der Waals surface area contributed by atoms with Gasteiger partial charge in [0, 0.05) is 14.1 Å². The standard InChI is InChI=1S/C17H16N6O3/c1-9(13-19-11-7-5-4-6-10(11)15(24)20-13)23-8-18-14-12(23)16(25)22(3)17(26)21(14)2/h4-9H,1-3H3,(H,19,20,24)/t9-/m0/s1. The number of benzene rings is 1. The molecule has 3 heterocycles. The molecular weight excluding hydrogens is 336 g/mol. The number of rotatable bonds is 2. The van der Waals surface area contributed by atoms with Crippen molar-refractivity contribution < 1.29 is 0 Å². The summed E-state index contributed by atoms with van der Waals surface area (Å²) >= 11 is 0. The maximum Gasteiger partial charge on any atom is 0.332 e. The fourth-order valence-corrected chi connectivity index (χ4v) is 3.09. The van der Waals surface area contributed by atoms with Crippen molar-refractivity contribution in [3.63, 3.8) is 0 Å². The SMILES string of the molecule is C[C@@H](c1nc2ccccc2c(=O)[nH]1)n1cnc2c1c(=O)n(C)c(=O)n2C. The van der Waals surface area contributed by atoms with E-state index in [0.717, 1.165) is 4.57 Å². The average Bonchev–Trinajstić information content (AvgIpc) is 3.09. The van der Waals surface area contributed by atoms with Gasteiger partial charge in [-0.3, -0.25) is 18.7 Å². The Hall–Kier alpha value is -3.49. The number of imidazole rings is 1. The number of hydrogen-bond acceptors (Lipinski definition) is 5. The fourth-order valence-electron chi connectivity index (χ4n) is 3.09. The Morgan fingerprint density at radius 3 is 2.58 bits per heavy atom. The first kappa shape index (κ1) is 16.0. The fraction of sp³-hybridized carbons (Fsp3) is 0.235. The average molecular weight is 352 g/mol. The number of nitrogens with zero attached hydrogens (tertiary/aromatic N) is 5. The van der Waals surface area contributed by atoms with E-state index in [1.165, 1.54) is 17.9 Å². The van der Waals surface area contributed by atoms with Gasteiger partial charge in [-0.2, -0.15) is 0 Å². The molecule has 4 aromatic rings. The predicted octanol–water partition coefficient (Wildman–Crippen LogP) is 0.279. The van der Waals surface area contributed by atoms with E-state index in [-0.39, 0.29) is 16.7 Å². The van der Waals surface area contributed by atoms with E-state index in [9.17, 15) is 14.4 Å². The molecule has 9 heteroatoms. The van der Waals surface area contributed by atoms with Gasteiger partial charge >= 0.3 is 5.69 Å². The van der Waals surface area contributed by atoms with Crippen LogP contribution in [-0.2, 0) is 14.1 Å². The van der Waals surface area contributed by atoms with Gasteiger partial charge in [0.05, 0.1) is 23.3 Å². The maximum atomic E-state index is 12.6.